The van der Waals surface area contributed by atoms with Crippen LogP contribution in [0.4, 0.5) is 5.69 Å². The van der Waals surface area contributed by atoms with Gasteiger partial charge >= 0.3 is 0 Å². The number of rotatable bonds is 4. The molecular weight excluding hydrogens is 244 g/mol. The summed E-state index contributed by atoms with van der Waals surface area (Å²) in [4.78, 5) is 0. The lowest BCUT2D eigenvalue weighted by atomic mass is 10.1. The largest absolute Gasteiger partial charge is 0.493 e. The van der Waals surface area contributed by atoms with Gasteiger partial charge in [0.1, 0.15) is 11.4 Å². The number of nitrogens with two attached hydrogens (primary N) is 1. The second-order valence-electron chi connectivity index (χ2n) is 3.99. The van der Waals surface area contributed by atoms with Gasteiger partial charge in [0.2, 0.25) is 0 Å². The van der Waals surface area contributed by atoms with Crippen molar-refractivity contribution < 1.29 is 14.0 Å². The summed E-state index contributed by atoms with van der Waals surface area (Å²) in [6.07, 6.45) is 3.68. The monoisotopic (exact) mass is 260 g/mol. The lowest BCUT2D eigenvalue weighted by Gasteiger charge is -2.07. The Labute approximate surface area is 111 Å². The maximum atomic E-state index is 5.82. The van der Waals surface area contributed by atoms with Gasteiger partial charge in [-0.2, -0.15) is 0 Å². The molecule has 0 saturated carbocycles. The van der Waals surface area contributed by atoms with Crippen molar-refractivity contribution in [2.75, 3.05) is 20.0 Å². The van der Waals surface area contributed by atoms with E-state index in [9.17, 15) is 0 Å². The first kappa shape index (κ1) is 13.0. The van der Waals surface area contributed by atoms with Crippen molar-refractivity contribution in [2.45, 2.75) is 6.92 Å². The number of benzene rings is 1. The number of nitrogen functional groups attached to an aromatic ring is 1. The summed E-state index contributed by atoms with van der Waals surface area (Å²) in [6.45, 7) is 1.77. The van der Waals surface area contributed by atoms with E-state index in [2.05, 4.69) is 5.16 Å². The van der Waals surface area contributed by atoms with Crippen LogP contribution in [0.5, 0.6) is 11.5 Å². The smallest absolute Gasteiger partial charge is 0.161 e. The van der Waals surface area contributed by atoms with Gasteiger partial charge in [0.15, 0.2) is 17.3 Å². The van der Waals surface area contributed by atoms with Crippen LogP contribution in [0.25, 0.3) is 12.2 Å². The topological polar surface area (TPSA) is 70.5 Å². The normalized spacial score (nSPS) is 10.9. The molecule has 0 aliphatic rings. The maximum Gasteiger partial charge on any atom is 0.161 e. The quantitative estimate of drug-likeness (QED) is 0.915. The van der Waals surface area contributed by atoms with E-state index in [0.717, 1.165) is 5.56 Å². The van der Waals surface area contributed by atoms with Gasteiger partial charge in [-0.05, 0) is 30.7 Å². The number of hydrogen-bond donors (Lipinski definition) is 1. The highest BCUT2D eigenvalue weighted by atomic mass is 16.5. The fourth-order valence-corrected chi connectivity index (χ4v) is 1.65. The third-order valence-corrected chi connectivity index (χ3v) is 2.78. The zero-order valence-electron chi connectivity index (χ0n) is 11.1. The van der Waals surface area contributed by atoms with Crippen LogP contribution in [0.2, 0.25) is 0 Å². The van der Waals surface area contributed by atoms with Crippen molar-refractivity contribution in [3.05, 3.63) is 35.2 Å². The Morgan fingerprint density at radius 1 is 1.16 bits per heavy atom. The Kier molecular flexibility index (Phi) is 3.75. The maximum absolute atomic E-state index is 5.82. The van der Waals surface area contributed by atoms with Gasteiger partial charge in [-0.15, -0.1) is 0 Å². The average molecular weight is 260 g/mol. The Balaban J connectivity index is 2.26. The molecule has 0 saturated heterocycles. The molecule has 100 valence electrons. The molecule has 1 aromatic heterocycles. The van der Waals surface area contributed by atoms with Crippen molar-refractivity contribution in [3.8, 4) is 11.5 Å². The summed E-state index contributed by atoms with van der Waals surface area (Å²) in [7, 11) is 3.20. The Bertz CT molecular complexity index is 603. The van der Waals surface area contributed by atoms with Gasteiger partial charge in [0.25, 0.3) is 0 Å². The molecule has 0 aliphatic heterocycles. The van der Waals surface area contributed by atoms with Crippen LogP contribution in [0.1, 0.15) is 17.0 Å². The zero-order chi connectivity index (χ0) is 13.8. The summed E-state index contributed by atoms with van der Waals surface area (Å²) < 4.78 is 15.4. The minimum absolute atomic E-state index is 0.553. The molecule has 0 spiro atoms. The molecule has 1 aromatic carbocycles. The van der Waals surface area contributed by atoms with E-state index >= 15 is 0 Å². The molecule has 2 N–H and O–H groups in total. The lowest BCUT2D eigenvalue weighted by Crippen LogP contribution is -1.90. The molecule has 2 aromatic rings. The number of nitrogens with zero attached hydrogens (tertiary/aromatic N) is 1. The Morgan fingerprint density at radius 3 is 2.47 bits per heavy atom. The molecule has 2 rings (SSSR count). The second kappa shape index (κ2) is 5.48. The number of methoxy groups -OCH3 is 2. The van der Waals surface area contributed by atoms with Gasteiger partial charge in [0.05, 0.1) is 14.2 Å². The van der Waals surface area contributed by atoms with Crippen LogP contribution >= 0.6 is 0 Å². The van der Waals surface area contributed by atoms with Crippen LogP contribution in [0.3, 0.4) is 0 Å². The molecule has 0 aliphatic carbocycles. The van der Waals surface area contributed by atoms with Crippen molar-refractivity contribution in [1.82, 2.24) is 5.16 Å². The van der Waals surface area contributed by atoms with Crippen LogP contribution in [-0.2, 0) is 0 Å². The molecule has 5 heteroatoms. The fraction of sp³-hybridized carbons (Fsp3) is 0.214. The average Bonchev–Trinajstić information content (AvgIpc) is 2.76. The molecule has 0 amide bonds. The molecule has 0 bridgehead atoms. The molecule has 0 radical (unpaired) electrons. The van der Waals surface area contributed by atoms with Crippen molar-refractivity contribution in [2.24, 2.45) is 0 Å². The fourth-order valence-electron chi connectivity index (χ4n) is 1.65. The minimum Gasteiger partial charge on any atom is -0.493 e. The highest BCUT2D eigenvalue weighted by Gasteiger charge is 2.06. The number of anilines is 1. The lowest BCUT2D eigenvalue weighted by molar-refractivity contribution is 0.355. The molecule has 0 fully saturated rings. The number of ether oxygens (including phenoxy) is 2. The van der Waals surface area contributed by atoms with Gasteiger partial charge in [0, 0.05) is 0 Å². The van der Waals surface area contributed by atoms with E-state index in [1.54, 1.807) is 27.2 Å². The summed E-state index contributed by atoms with van der Waals surface area (Å²) in [6, 6.07) is 5.63. The third-order valence-electron chi connectivity index (χ3n) is 2.78. The van der Waals surface area contributed by atoms with Crippen LogP contribution in [0.15, 0.2) is 22.7 Å². The highest BCUT2D eigenvalue weighted by molar-refractivity contribution is 5.74. The van der Waals surface area contributed by atoms with Crippen molar-refractivity contribution >= 4 is 17.8 Å². The second-order valence-corrected chi connectivity index (χ2v) is 3.99. The van der Waals surface area contributed by atoms with Crippen molar-refractivity contribution in [3.63, 3.8) is 0 Å². The first-order chi connectivity index (χ1) is 9.15. The Morgan fingerprint density at radius 2 is 1.89 bits per heavy atom. The van der Waals surface area contributed by atoms with E-state index in [1.807, 2.05) is 24.3 Å². The SMILES string of the molecule is COc1ccc(C=Cc2noc(C)c2N)cc1OC. The van der Waals surface area contributed by atoms with Crippen molar-refractivity contribution in [1.29, 1.82) is 0 Å². The van der Waals surface area contributed by atoms with Crippen LogP contribution in [-0.4, -0.2) is 19.4 Å². The molecule has 1 heterocycles. The molecule has 5 nitrogen and oxygen atoms in total. The minimum atomic E-state index is 0.553. The summed E-state index contributed by atoms with van der Waals surface area (Å²) in [5, 5.41) is 3.86. The standard InChI is InChI=1S/C14H16N2O3/c1-9-14(15)11(16-19-9)6-4-10-5-7-12(17-2)13(8-10)18-3/h4-8H,15H2,1-3H3. The van der Waals surface area contributed by atoms with E-state index in [1.165, 1.54) is 0 Å². The summed E-state index contributed by atoms with van der Waals surface area (Å²) in [5.74, 6) is 1.98. The first-order valence-corrected chi connectivity index (χ1v) is 5.77. The highest BCUT2D eigenvalue weighted by Crippen LogP contribution is 2.28. The number of hydrogen-bond acceptors (Lipinski definition) is 5. The first-order valence-electron chi connectivity index (χ1n) is 5.77. The van der Waals surface area contributed by atoms with Gasteiger partial charge in [-0.25, -0.2) is 0 Å². The van der Waals surface area contributed by atoms with E-state index < -0.39 is 0 Å². The molecular formula is C14H16N2O3. The number of aryl methyl sites for hydroxylation is 1. The van der Waals surface area contributed by atoms with Crippen LogP contribution < -0.4 is 15.2 Å². The molecule has 0 unspecified atom stereocenters. The van der Waals surface area contributed by atoms with E-state index in [0.29, 0.717) is 28.6 Å². The zero-order valence-corrected chi connectivity index (χ0v) is 11.1. The van der Waals surface area contributed by atoms with Gasteiger partial charge in [-0.3, -0.25) is 0 Å². The van der Waals surface area contributed by atoms with Gasteiger partial charge in [-0.1, -0.05) is 17.3 Å². The predicted octanol–water partition coefficient (Wildman–Crippen LogP) is 2.75. The van der Waals surface area contributed by atoms with Gasteiger partial charge < -0.3 is 19.7 Å². The van der Waals surface area contributed by atoms with E-state index in [-0.39, 0.29) is 0 Å². The van der Waals surface area contributed by atoms with E-state index in [4.69, 9.17) is 19.7 Å². The summed E-state index contributed by atoms with van der Waals surface area (Å²) >= 11 is 0. The number of aromatic nitrogens is 1. The molecule has 19 heavy (non-hydrogen) atoms. The third kappa shape index (κ3) is 2.70. The van der Waals surface area contributed by atoms with Crippen LogP contribution in [0, 0.1) is 6.92 Å². The Hall–Kier alpha value is -2.43. The predicted molar refractivity (Wildman–Crippen MR) is 74.1 cm³/mol. The summed E-state index contributed by atoms with van der Waals surface area (Å²) in [5.41, 5.74) is 7.94. The molecule has 0 atom stereocenters.